The van der Waals surface area contributed by atoms with Gasteiger partial charge in [0, 0.05) is 17.9 Å². The van der Waals surface area contributed by atoms with Crippen LogP contribution in [-0.2, 0) is 22.4 Å². The molecule has 4 N–H and O–H groups in total. The van der Waals surface area contributed by atoms with Crippen LogP contribution in [0.15, 0.2) is 34.8 Å². The summed E-state index contributed by atoms with van der Waals surface area (Å²) in [5.74, 6) is -4.66. The Hall–Kier alpha value is -2.93. The highest BCUT2D eigenvalue weighted by atomic mass is 16.3. The summed E-state index contributed by atoms with van der Waals surface area (Å²) in [4.78, 5) is 38.3. The van der Waals surface area contributed by atoms with Crippen LogP contribution < -0.4 is 0 Å². The minimum absolute atomic E-state index is 0.0924. The number of fused-ring (bicyclic) bond motifs is 3. The minimum atomic E-state index is -2.45. The van der Waals surface area contributed by atoms with E-state index in [9.17, 15) is 34.8 Å². The number of carbonyl (C=O) groups is 3. The van der Waals surface area contributed by atoms with Crippen LogP contribution in [-0.4, -0.2) is 43.4 Å². The first-order valence-electron chi connectivity index (χ1n) is 11.0. The Morgan fingerprint density at radius 1 is 1.16 bits per heavy atom. The molecule has 170 valence electrons. The van der Waals surface area contributed by atoms with E-state index >= 15 is 0 Å². The quantitative estimate of drug-likeness (QED) is 0.528. The summed E-state index contributed by atoms with van der Waals surface area (Å²) in [6.45, 7) is 5.31. The average Bonchev–Trinajstić information content (AvgIpc) is 2.69. The zero-order valence-electron chi connectivity index (χ0n) is 18.4. The van der Waals surface area contributed by atoms with Crippen LogP contribution in [0.2, 0.25) is 0 Å². The lowest BCUT2D eigenvalue weighted by atomic mass is 9.60. The van der Waals surface area contributed by atoms with Gasteiger partial charge in [-0.25, -0.2) is 0 Å². The van der Waals surface area contributed by atoms with E-state index < -0.39 is 51.9 Å². The van der Waals surface area contributed by atoms with Crippen molar-refractivity contribution in [3.05, 3.63) is 51.5 Å². The van der Waals surface area contributed by atoms with Crippen LogP contribution in [0.25, 0.3) is 0 Å². The molecule has 0 spiro atoms. The molecule has 7 heteroatoms. The SMILES string of the molecule is CC(=O)C1=C(O)C[C@H]2C[C@H]3Cc4c(CCC(C)C)ccc(O)c4C(=O)C3=C(O)[C@@]2(O)C1=O. The number of aryl methyl sites for hydroxylation is 1. The van der Waals surface area contributed by atoms with Crippen molar-refractivity contribution in [2.24, 2.45) is 17.8 Å². The van der Waals surface area contributed by atoms with Gasteiger partial charge in [-0.3, -0.25) is 14.4 Å². The molecule has 0 saturated heterocycles. The number of Topliss-reactive ketones (excluding diaryl/α,β-unsaturated/α-hetero) is 3. The van der Waals surface area contributed by atoms with Crippen molar-refractivity contribution >= 4 is 17.3 Å². The molecule has 0 saturated carbocycles. The Labute approximate surface area is 186 Å². The number of hydrogen-bond acceptors (Lipinski definition) is 7. The molecule has 3 aliphatic carbocycles. The number of benzene rings is 1. The van der Waals surface area contributed by atoms with Crippen LogP contribution >= 0.6 is 0 Å². The van der Waals surface area contributed by atoms with Gasteiger partial charge in [0.05, 0.1) is 5.56 Å². The van der Waals surface area contributed by atoms with E-state index in [1.165, 1.54) is 6.07 Å². The number of aliphatic hydroxyl groups is 3. The number of phenolic OH excluding ortho intramolecular Hbond substituents is 1. The maximum Gasteiger partial charge on any atom is 0.209 e. The third kappa shape index (κ3) is 3.10. The van der Waals surface area contributed by atoms with Crippen molar-refractivity contribution in [1.82, 2.24) is 0 Å². The molecule has 3 aliphatic rings. The molecule has 0 aromatic heterocycles. The lowest BCUT2D eigenvalue weighted by Crippen LogP contribution is -2.56. The number of phenols is 1. The number of hydrogen-bond donors (Lipinski definition) is 4. The molecule has 0 amide bonds. The van der Waals surface area contributed by atoms with Crippen molar-refractivity contribution in [1.29, 1.82) is 0 Å². The van der Waals surface area contributed by atoms with Gasteiger partial charge in [0.25, 0.3) is 0 Å². The first-order chi connectivity index (χ1) is 15.0. The molecule has 32 heavy (non-hydrogen) atoms. The average molecular weight is 440 g/mol. The zero-order chi connectivity index (χ0) is 23.5. The summed E-state index contributed by atoms with van der Waals surface area (Å²) in [5, 5.41) is 43.1. The second-order valence-electron chi connectivity index (χ2n) is 9.63. The molecule has 1 aromatic rings. The van der Waals surface area contributed by atoms with Gasteiger partial charge in [-0.15, -0.1) is 0 Å². The zero-order valence-corrected chi connectivity index (χ0v) is 18.4. The van der Waals surface area contributed by atoms with Gasteiger partial charge < -0.3 is 20.4 Å². The van der Waals surface area contributed by atoms with Crippen LogP contribution in [0.5, 0.6) is 5.75 Å². The summed E-state index contributed by atoms with van der Waals surface area (Å²) >= 11 is 0. The van der Waals surface area contributed by atoms with Crippen molar-refractivity contribution in [3.8, 4) is 5.75 Å². The van der Waals surface area contributed by atoms with E-state index in [2.05, 4.69) is 13.8 Å². The molecule has 1 aromatic carbocycles. The van der Waals surface area contributed by atoms with E-state index in [0.717, 1.165) is 30.9 Å². The highest BCUT2D eigenvalue weighted by Gasteiger charge is 2.59. The maximum absolute atomic E-state index is 13.4. The molecule has 0 fully saturated rings. The van der Waals surface area contributed by atoms with Gasteiger partial charge in [-0.1, -0.05) is 19.9 Å². The van der Waals surface area contributed by atoms with Crippen LogP contribution in [0.3, 0.4) is 0 Å². The van der Waals surface area contributed by atoms with Gasteiger partial charge in [-0.05, 0) is 61.6 Å². The fourth-order valence-corrected chi connectivity index (χ4v) is 5.47. The standard InChI is InChI=1S/C25H28O7/c1-11(2)4-5-13-6-7-17(27)21-16(13)9-14-8-15-10-18(28)19(12(3)26)23(30)25(15,32)24(31)20(14)22(21)29/h6-7,11,14-15,27-28,31-32H,4-5,8-10H2,1-3H3/t14-,15+,25-/m0/s1. The van der Waals surface area contributed by atoms with Crippen molar-refractivity contribution in [2.45, 2.75) is 58.5 Å². The minimum Gasteiger partial charge on any atom is -0.511 e. The fourth-order valence-electron chi connectivity index (χ4n) is 5.47. The molecule has 0 bridgehead atoms. The molecule has 3 atom stereocenters. The van der Waals surface area contributed by atoms with E-state index in [1.807, 2.05) is 6.07 Å². The molecule has 0 unspecified atom stereocenters. The Balaban J connectivity index is 1.84. The molecular formula is C25H28O7. The Morgan fingerprint density at radius 3 is 2.47 bits per heavy atom. The van der Waals surface area contributed by atoms with Gasteiger partial charge in [0.2, 0.25) is 5.78 Å². The molecule has 7 nitrogen and oxygen atoms in total. The van der Waals surface area contributed by atoms with Crippen molar-refractivity contribution in [2.75, 3.05) is 0 Å². The molecule has 0 heterocycles. The summed E-state index contributed by atoms with van der Waals surface area (Å²) in [5.41, 5.74) is -1.30. The van der Waals surface area contributed by atoms with E-state index in [4.69, 9.17) is 0 Å². The number of ketones is 3. The molecule has 0 radical (unpaired) electrons. The number of carbonyl (C=O) groups excluding carboxylic acids is 3. The number of aromatic hydroxyl groups is 1. The Morgan fingerprint density at radius 2 is 1.84 bits per heavy atom. The molecule has 4 rings (SSSR count). The number of aliphatic hydroxyl groups excluding tert-OH is 2. The predicted molar refractivity (Wildman–Crippen MR) is 115 cm³/mol. The summed E-state index contributed by atoms with van der Waals surface area (Å²) in [6, 6.07) is 3.28. The lowest BCUT2D eigenvalue weighted by molar-refractivity contribution is -0.144. The second kappa shape index (κ2) is 7.59. The topological polar surface area (TPSA) is 132 Å². The predicted octanol–water partition coefficient (Wildman–Crippen LogP) is 3.27. The van der Waals surface area contributed by atoms with Crippen molar-refractivity contribution in [3.63, 3.8) is 0 Å². The number of rotatable bonds is 4. The third-order valence-electron chi connectivity index (χ3n) is 7.14. The van der Waals surface area contributed by atoms with Gasteiger partial charge in [-0.2, -0.15) is 0 Å². The Bertz CT molecular complexity index is 1110. The highest BCUT2D eigenvalue weighted by Crippen LogP contribution is 2.51. The normalized spacial score (nSPS) is 27.4. The second-order valence-corrected chi connectivity index (χ2v) is 9.63. The van der Waals surface area contributed by atoms with Crippen LogP contribution in [0, 0.1) is 17.8 Å². The van der Waals surface area contributed by atoms with Gasteiger partial charge in [0.15, 0.2) is 17.2 Å². The van der Waals surface area contributed by atoms with Gasteiger partial charge in [0.1, 0.15) is 22.8 Å². The van der Waals surface area contributed by atoms with Crippen LogP contribution in [0.1, 0.15) is 61.5 Å². The fraction of sp³-hybridized carbons (Fsp3) is 0.480. The third-order valence-corrected chi connectivity index (χ3v) is 7.14. The highest BCUT2D eigenvalue weighted by molar-refractivity contribution is 6.25. The lowest BCUT2D eigenvalue weighted by Gasteiger charge is -2.45. The van der Waals surface area contributed by atoms with E-state index in [1.54, 1.807) is 0 Å². The first-order valence-corrected chi connectivity index (χ1v) is 11.0. The molecule has 0 aliphatic heterocycles. The maximum atomic E-state index is 13.4. The summed E-state index contributed by atoms with van der Waals surface area (Å²) in [6.07, 6.45) is 2.05. The molecular weight excluding hydrogens is 412 g/mol. The largest absolute Gasteiger partial charge is 0.511 e. The monoisotopic (exact) mass is 440 g/mol. The summed E-state index contributed by atoms with van der Waals surface area (Å²) < 4.78 is 0. The smallest absolute Gasteiger partial charge is 0.209 e. The Kier molecular flexibility index (Phi) is 5.28. The van der Waals surface area contributed by atoms with Gasteiger partial charge >= 0.3 is 0 Å². The summed E-state index contributed by atoms with van der Waals surface area (Å²) in [7, 11) is 0. The van der Waals surface area contributed by atoms with Crippen LogP contribution in [0.4, 0.5) is 0 Å². The van der Waals surface area contributed by atoms with Crippen molar-refractivity contribution < 1.29 is 34.8 Å². The first kappa shape index (κ1) is 22.3. The van der Waals surface area contributed by atoms with E-state index in [0.29, 0.717) is 12.3 Å². The van der Waals surface area contributed by atoms with E-state index in [-0.39, 0.29) is 29.7 Å². The number of allylic oxidation sites excluding steroid dienone is 2.